The average molecular weight is 644 g/mol. The molecule has 3 aromatic carbocycles. The maximum absolute atomic E-state index is 13.1. The van der Waals surface area contributed by atoms with Gasteiger partial charge in [0.25, 0.3) is 0 Å². The molecule has 2 atom stereocenters. The van der Waals surface area contributed by atoms with Crippen molar-refractivity contribution in [3.63, 3.8) is 0 Å². The summed E-state index contributed by atoms with van der Waals surface area (Å²) < 4.78 is 48.3. The van der Waals surface area contributed by atoms with Gasteiger partial charge >= 0.3 is 0 Å². The predicted molar refractivity (Wildman–Crippen MR) is 165 cm³/mol. The third-order valence-corrected chi connectivity index (χ3v) is 10.1. The zero-order valence-electron chi connectivity index (χ0n) is 23.6. The third kappa shape index (κ3) is 6.55. The number of sulfonamides is 1. The van der Waals surface area contributed by atoms with Gasteiger partial charge in [0.05, 0.1) is 29.4 Å². The van der Waals surface area contributed by atoms with Gasteiger partial charge in [-0.1, -0.05) is 47.0 Å². The first-order valence-electron chi connectivity index (χ1n) is 14.0. The summed E-state index contributed by atoms with van der Waals surface area (Å²) in [6.07, 6.45) is 4.90. The lowest BCUT2D eigenvalue weighted by Crippen LogP contribution is -2.48. The second-order valence-corrected chi connectivity index (χ2v) is 13.5. The Morgan fingerprint density at radius 1 is 1.00 bits per heavy atom. The Balaban J connectivity index is 1.05. The van der Waals surface area contributed by atoms with E-state index in [-0.39, 0.29) is 12.7 Å². The molecule has 3 heterocycles. The van der Waals surface area contributed by atoms with Crippen LogP contribution < -0.4 is 9.64 Å². The van der Waals surface area contributed by atoms with Crippen LogP contribution in [0.15, 0.2) is 90.3 Å². The van der Waals surface area contributed by atoms with E-state index in [4.69, 9.17) is 37.4 Å². The van der Waals surface area contributed by atoms with E-state index in [0.29, 0.717) is 65.6 Å². The van der Waals surface area contributed by atoms with Gasteiger partial charge in [0.15, 0.2) is 0 Å². The molecule has 12 heteroatoms. The smallest absolute Gasteiger partial charge is 0.243 e. The lowest BCUT2D eigenvalue weighted by molar-refractivity contribution is -0.189. The molecule has 0 aliphatic carbocycles. The first-order chi connectivity index (χ1) is 20.7. The highest BCUT2D eigenvalue weighted by molar-refractivity contribution is 7.89. The van der Waals surface area contributed by atoms with E-state index < -0.39 is 15.8 Å². The van der Waals surface area contributed by atoms with Crippen molar-refractivity contribution in [2.75, 3.05) is 44.3 Å². The van der Waals surface area contributed by atoms with Crippen LogP contribution in [0.3, 0.4) is 0 Å². The van der Waals surface area contributed by atoms with Crippen LogP contribution >= 0.6 is 23.2 Å². The lowest BCUT2D eigenvalue weighted by atomic mass is 10.1. The van der Waals surface area contributed by atoms with Crippen molar-refractivity contribution in [1.82, 2.24) is 13.9 Å². The van der Waals surface area contributed by atoms with Gasteiger partial charge in [0, 0.05) is 54.8 Å². The number of halogens is 2. The topological polar surface area (TPSA) is 86.1 Å². The standard InChI is InChI=1S/C31H32Cl2N4O5S/c1-23-2-9-28(10-3-23)43(38,39)37-16-14-36(15-17-37)25-5-7-26(8-6-25)40-19-27-20-41-31(42-27,21-35-13-12-34-22-35)29-11-4-24(32)18-30(29)33/h2-13,18,22,27H,14-17,19-21H2,1H3. The molecule has 0 amide bonds. The normalized spacial score (nSPS) is 21.3. The third-order valence-electron chi connectivity index (χ3n) is 7.69. The fourth-order valence-corrected chi connectivity index (χ4v) is 7.34. The monoisotopic (exact) mass is 642 g/mol. The van der Waals surface area contributed by atoms with E-state index in [1.165, 1.54) is 0 Å². The molecule has 2 unspecified atom stereocenters. The number of rotatable bonds is 9. The van der Waals surface area contributed by atoms with Gasteiger partial charge in [-0.15, -0.1) is 0 Å². The zero-order chi connectivity index (χ0) is 30.0. The molecule has 2 saturated heterocycles. The molecule has 4 aromatic rings. The minimum atomic E-state index is -3.51. The summed E-state index contributed by atoms with van der Waals surface area (Å²) in [5.74, 6) is -0.417. The molecule has 2 aliphatic heterocycles. The summed E-state index contributed by atoms with van der Waals surface area (Å²) in [4.78, 5) is 6.64. The summed E-state index contributed by atoms with van der Waals surface area (Å²) in [6.45, 7) is 4.95. The van der Waals surface area contributed by atoms with Gasteiger partial charge in [0.2, 0.25) is 15.8 Å². The van der Waals surface area contributed by atoms with Crippen LogP contribution in [0.25, 0.3) is 0 Å². The van der Waals surface area contributed by atoms with Gasteiger partial charge in [-0.25, -0.2) is 13.4 Å². The number of benzene rings is 3. The van der Waals surface area contributed by atoms with Gasteiger partial charge in [-0.05, 0) is 55.5 Å². The molecule has 43 heavy (non-hydrogen) atoms. The molecule has 0 bridgehead atoms. The van der Waals surface area contributed by atoms with Crippen molar-refractivity contribution in [3.8, 4) is 5.75 Å². The number of ether oxygens (including phenoxy) is 3. The number of anilines is 1. The van der Waals surface area contributed by atoms with Crippen LogP contribution in [-0.4, -0.2) is 67.8 Å². The number of hydrogen-bond acceptors (Lipinski definition) is 7. The summed E-state index contributed by atoms with van der Waals surface area (Å²) >= 11 is 12.7. The predicted octanol–water partition coefficient (Wildman–Crippen LogP) is 5.36. The molecular formula is C31H32Cl2N4O5S. The molecule has 226 valence electrons. The number of piperazine rings is 1. The number of aryl methyl sites for hydroxylation is 1. The van der Waals surface area contributed by atoms with Crippen LogP contribution in [0.4, 0.5) is 5.69 Å². The first-order valence-corrected chi connectivity index (χ1v) is 16.2. The Morgan fingerprint density at radius 3 is 2.42 bits per heavy atom. The number of hydrogen-bond donors (Lipinski definition) is 0. The maximum atomic E-state index is 13.1. The van der Waals surface area contributed by atoms with Gasteiger partial charge in [-0.3, -0.25) is 0 Å². The fraction of sp³-hybridized carbons (Fsp3) is 0.323. The minimum absolute atomic E-state index is 0.284. The highest BCUT2D eigenvalue weighted by Crippen LogP contribution is 2.40. The molecule has 0 radical (unpaired) electrons. The SMILES string of the molecule is Cc1ccc(S(=O)(=O)N2CCN(c3ccc(OCC4COC(Cn5ccnc5)(c5ccc(Cl)cc5Cl)O4)cc3)CC2)cc1. The maximum Gasteiger partial charge on any atom is 0.243 e. The molecule has 0 saturated carbocycles. The Labute approximate surface area is 261 Å². The van der Waals surface area contributed by atoms with Crippen LogP contribution in [-0.2, 0) is 31.8 Å². The highest BCUT2D eigenvalue weighted by atomic mass is 35.5. The van der Waals surface area contributed by atoms with Crippen molar-refractivity contribution in [3.05, 3.63) is 107 Å². The van der Waals surface area contributed by atoms with Crippen molar-refractivity contribution in [2.24, 2.45) is 0 Å². The number of nitrogens with zero attached hydrogens (tertiary/aromatic N) is 4. The molecule has 6 rings (SSSR count). The Morgan fingerprint density at radius 2 is 1.74 bits per heavy atom. The second kappa shape index (κ2) is 12.5. The van der Waals surface area contributed by atoms with E-state index in [2.05, 4.69) is 9.88 Å². The van der Waals surface area contributed by atoms with Crippen LogP contribution in [0, 0.1) is 6.92 Å². The summed E-state index contributed by atoms with van der Waals surface area (Å²) in [7, 11) is -3.51. The van der Waals surface area contributed by atoms with Crippen LogP contribution in [0.2, 0.25) is 10.0 Å². The highest BCUT2D eigenvalue weighted by Gasteiger charge is 2.45. The number of aromatic nitrogens is 2. The van der Waals surface area contributed by atoms with Crippen molar-refractivity contribution in [2.45, 2.75) is 30.3 Å². The van der Waals surface area contributed by atoms with Crippen LogP contribution in [0.1, 0.15) is 11.1 Å². The van der Waals surface area contributed by atoms with Crippen molar-refractivity contribution < 1.29 is 22.6 Å². The molecule has 0 spiro atoms. The Hall–Kier alpha value is -3.12. The molecule has 9 nitrogen and oxygen atoms in total. The first kappa shape index (κ1) is 29.9. The average Bonchev–Trinajstić information content (AvgIpc) is 3.67. The zero-order valence-corrected chi connectivity index (χ0v) is 25.9. The molecule has 0 N–H and O–H groups in total. The second-order valence-electron chi connectivity index (χ2n) is 10.7. The minimum Gasteiger partial charge on any atom is -0.491 e. The van der Waals surface area contributed by atoms with Crippen LogP contribution in [0.5, 0.6) is 5.75 Å². The quantitative estimate of drug-likeness (QED) is 0.243. The fourth-order valence-electron chi connectivity index (χ4n) is 5.36. The van der Waals surface area contributed by atoms with Crippen molar-refractivity contribution >= 4 is 38.9 Å². The summed E-state index contributed by atoms with van der Waals surface area (Å²) in [5, 5.41) is 0.986. The summed E-state index contributed by atoms with van der Waals surface area (Å²) in [6, 6.07) is 20.1. The molecular weight excluding hydrogens is 611 g/mol. The Bertz CT molecular complexity index is 1640. The van der Waals surface area contributed by atoms with E-state index in [1.807, 2.05) is 60.2 Å². The number of imidazole rings is 1. The Kier molecular flexibility index (Phi) is 8.68. The molecule has 2 fully saturated rings. The summed E-state index contributed by atoms with van der Waals surface area (Å²) in [5.41, 5.74) is 2.73. The van der Waals surface area contributed by atoms with E-state index in [0.717, 1.165) is 11.3 Å². The van der Waals surface area contributed by atoms with Gasteiger partial charge in [-0.2, -0.15) is 4.31 Å². The van der Waals surface area contributed by atoms with E-state index >= 15 is 0 Å². The lowest BCUT2D eigenvalue weighted by Gasteiger charge is -2.35. The largest absolute Gasteiger partial charge is 0.491 e. The van der Waals surface area contributed by atoms with Gasteiger partial charge < -0.3 is 23.7 Å². The van der Waals surface area contributed by atoms with E-state index in [1.54, 1.807) is 41.1 Å². The molecule has 1 aromatic heterocycles. The van der Waals surface area contributed by atoms with Gasteiger partial charge in [0.1, 0.15) is 18.5 Å². The van der Waals surface area contributed by atoms with Crippen molar-refractivity contribution in [1.29, 1.82) is 0 Å². The van der Waals surface area contributed by atoms with E-state index in [9.17, 15) is 8.42 Å². The molecule has 2 aliphatic rings.